The third-order valence-corrected chi connectivity index (χ3v) is 6.01. The molecule has 2 aromatic heterocycles. The summed E-state index contributed by atoms with van der Waals surface area (Å²) in [5.74, 6) is 1.19. The molecular weight excluding hydrogens is 353 g/mol. The van der Waals surface area contributed by atoms with Gasteiger partial charge in [0, 0.05) is 28.1 Å². The number of thiophene rings is 1. The number of hydrogen-bond donors (Lipinski definition) is 0. The minimum absolute atomic E-state index is 0.188. The topological polar surface area (TPSA) is 30.7 Å². The quantitative estimate of drug-likeness (QED) is 0.405. The van der Waals surface area contributed by atoms with Crippen LogP contribution < -0.4 is 0 Å². The maximum Gasteiger partial charge on any atom is 0.192 e. The largest absolute Gasteiger partial charge is 0.298 e. The summed E-state index contributed by atoms with van der Waals surface area (Å²) in [6, 6.07) is 6.83. The van der Waals surface area contributed by atoms with Crippen LogP contribution >= 0.6 is 23.1 Å². The Hall–Kier alpha value is -1.92. The van der Waals surface area contributed by atoms with Crippen molar-refractivity contribution in [2.75, 3.05) is 0 Å². The highest BCUT2D eigenvalue weighted by Gasteiger charge is 2.18. The molecule has 0 spiro atoms. The molecule has 0 saturated carbocycles. The van der Waals surface area contributed by atoms with Gasteiger partial charge in [0.05, 0.1) is 0 Å². The van der Waals surface area contributed by atoms with Crippen LogP contribution in [0.5, 0.6) is 0 Å². The molecule has 0 amide bonds. The van der Waals surface area contributed by atoms with Gasteiger partial charge in [-0.3, -0.25) is 4.57 Å². The van der Waals surface area contributed by atoms with Gasteiger partial charge < -0.3 is 0 Å². The lowest BCUT2D eigenvalue weighted by Crippen LogP contribution is -2.01. The molecule has 0 unspecified atom stereocenters. The molecule has 0 bridgehead atoms. The van der Waals surface area contributed by atoms with Gasteiger partial charge in [-0.15, -0.1) is 28.1 Å². The summed E-state index contributed by atoms with van der Waals surface area (Å²) in [5, 5.41) is 11.7. The first-order valence-electron chi connectivity index (χ1n) is 8.13. The Morgan fingerprint density at radius 1 is 1.32 bits per heavy atom. The van der Waals surface area contributed by atoms with Gasteiger partial charge in [0.25, 0.3) is 0 Å². The maximum absolute atomic E-state index is 13.8. The van der Waals surface area contributed by atoms with E-state index in [0.29, 0.717) is 17.9 Å². The lowest BCUT2D eigenvalue weighted by Gasteiger charge is -2.09. The van der Waals surface area contributed by atoms with Crippen molar-refractivity contribution in [2.24, 2.45) is 0 Å². The Bertz CT molecular complexity index is 883. The Morgan fingerprint density at radius 3 is 2.84 bits per heavy atom. The first-order chi connectivity index (χ1) is 12.2. The smallest absolute Gasteiger partial charge is 0.192 e. The summed E-state index contributed by atoms with van der Waals surface area (Å²) >= 11 is 3.23. The van der Waals surface area contributed by atoms with Crippen molar-refractivity contribution in [1.29, 1.82) is 0 Å². The molecule has 3 nitrogen and oxygen atoms in total. The van der Waals surface area contributed by atoms with Crippen LogP contribution in [0.1, 0.15) is 22.9 Å². The second-order valence-electron chi connectivity index (χ2n) is 5.62. The molecule has 0 aliphatic heterocycles. The SMILES string of the molecule is C=CCn1c(SCc2ccccc2F)nnc1-c1csc(C)c1CC. The van der Waals surface area contributed by atoms with Crippen LogP contribution in [-0.4, -0.2) is 14.8 Å². The fourth-order valence-corrected chi connectivity index (χ4v) is 4.63. The van der Waals surface area contributed by atoms with E-state index in [-0.39, 0.29) is 5.82 Å². The van der Waals surface area contributed by atoms with Crippen LogP contribution in [0.4, 0.5) is 4.39 Å². The third-order valence-electron chi connectivity index (χ3n) is 4.04. The Kier molecular flexibility index (Phi) is 5.71. The van der Waals surface area contributed by atoms with E-state index in [0.717, 1.165) is 23.0 Å². The Labute approximate surface area is 155 Å². The monoisotopic (exact) mass is 373 g/mol. The first kappa shape index (κ1) is 17.9. The number of halogens is 1. The fraction of sp³-hybridized carbons (Fsp3) is 0.263. The van der Waals surface area contributed by atoms with Crippen LogP contribution in [0.2, 0.25) is 0 Å². The minimum Gasteiger partial charge on any atom is -0.298 e. The third kappa shape index (κ3) is 3.70. The molecule has 0 radical (unpaired) electrons. The van der Waals surface area contributed by atoms with E-state index in [1.54, 1.807) is 23.5 Å². The van der Waals surface area contributed by atoms with Gasteiger partial charge in [-0.25, -0.2) is 4.39 Å². The van der Waals surface area contributed by atoms with Gasteiger partial charge in [0.15, 0.2) is 11.0 Å². The number of benzene rings is 1. The molecule has 0 aliphatic rings. The van der Waals surface area contributed by atoms with Crippen LogP contribution in [0.3, 0.4) is 0 Å². The first-order valence-corrected chi connectivity index (χ1v) is 9.99. The average Bonchev–Trinajstić information content (AvgIpc) is 3.17. The number of nitrogens with zero attached hydrogens (tertiary/aromatic N) is 3. The molecule has 2 heterocycles. The highest BCUT2D eigenvalue weighted by atomic mass is 32.2. The van der Waals surface area contributed by atoms with Gasteiger partial charge in [0.1, 0.15) is 5.82 Å². The van der Waals surface area contributed by atoms with Gasteiger partial charge in [-0.2, -0.15) is 0 Å². The number of aromatic nitrogens is 3. The number of aryl methyl sites for hydroxylation is 1. The predicted molar refractivity (Wildman–Crippen MR) is 104 cm³/mol. The van der Waals surface area contributed by atoms with E-state index in [1.165, 1.54) is 28.3 Å². The zero-order valence-corrected chi connectivity index (χ0v) is 16.0. The summed E-state index contributed by atoms with van der Waals surface area (Å²) < 4.78 is 15.9. The number of hydrogen-bond acceptors (Lipinski definition) is 4. The average molecular weight is 374 g/mol. The van der Waals surface area contributed by atoms with E-state index in [1.807, 2.05) is 12.1 Å². The fourth-order valence-electron chi connectivity index (χ4n) is 2.75. The summed E-state index contributed by atoms with van der Waals surface area (Å²) in [6.07, 6.45) is 2.80. The standard InChI is InChI=1S/C19H20FN3S2/c1-4-10-23-18(16-12-24-13(3)15(16)5-2)21-22-19(23)25-11-14-8-6-7-9-17(14)20/h4,6-9,12H,1,5,10-11H2,2-3H3. The Balaban J connectivity index is 1.92. The molecule has 6 heteroatoms. The second kappa shape index (κ2) is 7.97. The predicted octanol–water partition coefficient (Wildman–Crippen LogP) is 5.49. The second-order valence-corrected chi connectivity index (χ2v) is 7.65. The molecule has 0 atom stereocenters. The highest BCUT2D eigenvalue weighted by molar-refractivity contribution is 7.98. The van der Waals surface area contributed by atoms with Crippen molar-refractivity contribution in [3.8, 4) is 11.4 Å². The van der Waals surface area contributed by atoms with Crippen LogP contribution in [0.15, 0.2) is 47.5 Å². The normalized spacial score (nSPS) is 11.0. The van der Waals surface area contributed by atoms with Gasteiger partial charge in [-0.1, -0.05) is 43.0 Å². The van der Waals surface area contributed by atoms with E-state index in [2.05, 4.69) is 40.6 Å². The van der Waals surface area contributed by atoms with E-state index < -0.39 is 0 Å². The number of allylic oxidation sites excluding steroid dienone is 1. The molecule has 3 rings (SSSR count). The van der Waals surface area contributed by atoms with Crippen LogP contribution in [0, 0.1) is 12.7 Å². The van der Waals surface area contributed by atoms with Crippen molar-refractivity contribution in [3.63, 3.8) is 0 Å². The van der Waals surface area contributed by atoms with Gasteiger partial charge in [-0.05, 0) is 30.5 Å². The highest BCUT2D eigenvalue weighted by Crippen LogP contribution is 2.33. The zero-order valence-electron chi connectivity index (χ0n) is 14.3. The zero-order chi connectivity index (χ0) is 17.8. The molecule has 3 aromatic rings. The molecule has 0 fully saturated rings. The van der Waals surface area contributed by atoms with E-state index in [4.69, 9.17) is 0 Å². The van der Waals surface area contributed by atoms with Crippen molar-refractivity contribution >= 4 is 23.1 Å². The van der Waals surface area contributed by atoms with E-state index >= 15 is 0 Å². The van der Waals surface area contributed by atoms with Crippen LogP contribution in [-0.2, 0) is 18.7 Å². The molecule has 0 N–H and O–H groups in total. The minimum atomic E-state index is -0.188. The van der Waals surface area contributed by atoms with Crippen molar-refractivity contribution < 1.29 is 4.39 Å². The maximum atomic E-state index is 13.8. The van der Waals surface area contributed by atoms with Gasteiger partial charge in [0.2, 0.25) is 0 Å². The molecular formula is C19H20FN3S2. The van der Waals surface area contributed by atoms with Crippen molar-refractivity contribution in [1.82, 2.24) is 14.8 Å². The molecule has 0 saturated heterocycles. The summed E-state index contributed by atoms with van der Waals surface area (Å²) in [5.41, 5.74) is 3.12. The lowest BCUT2D eigenvalue weighted by atomic mass is 10.1. The molecule has 1 aromatic carbocycles. The summed E-state index contributed by atoms with van der Waals surface area (Å²) in [7, 11) is 0. The van der Waals surface area contributed by atoms with Crippen molar-refractivity contribution in [3.05, 3.63) is 64.1 Å². The van der Waals surface area contributed by atoms with E-state index in [9.17, 15) is 4.39 Å². The number of thioether (sulfide) groups is 1. The summed E-state index contributed by atoms with van der Waals surface area (Å²) in [6.45, 7) is 8.76. The van der Waals surface area contributed by atoms with Gasteiger partial charge >= 0.3 is 0 Å². The summed E-state index contributed by atoms with van der Waals surface area (Å²) in [4.78, 5) is 1.31. The molecule has 0 aliphatic carbocycles. The number of rotatable bonds is 7. The van der Waals surface area contributed by atoms with Crippen LogP contribution in [0.25, 0.3) is 11.4 Å². The van der Waals surface area contributed by atoms with Crippen molar-refractivity contribution in [2.45, 2.75) is 37.7 Å². The molecule has 25 heavy (non-hydrogen) atoms. The Morgan fingerprint density at radius 2 is 2.12 bits per heavy atom. The molecule has 130 valence electrons. The lowest BCUT2D eigenvalue weighted by molar-refractivity contribution is 0.617.